The molecule has 0 aliphatic heterocycles. The second kappa shape index (κ2) is 10.0. The highest BCUT2D eigenvalue weighted by molar-refractivity contribution is 5.79. The Bertz CT molecular complexity index is 435. The maximum Gasteiger partial charge on any atom is 0.191 e. The minimum atomic E-state index is 0.596. The van der Waals surface area contributed by atoms with Gasteiger partial charge in [0, 0.05) is 32.4 Å². The molecular formula is C17H31N5. The molecule has 22 heavy (non-hydrogen) atoms. The maximum absolute atomic E-state index is 4.61. The average molecular weight is 305 g/mol. The van der Waals surface area contributed by atoms with E-state index in [1.54, 1.807) is 0 Å². The first-order chi connectivity index (χ1) is 10.6. The Hall–Kier alpha value is -1.78. The molecule has 0 amide bonds. The van der Waals surface area contributed by atoms with Crippen LogP contribution in [0.25, 0.3) is 0 Å². The minimum absolute atomic E-state index is 0.596. The van der Waals surface area contributed by atoms with Crippen LogP contribution < -0.4 is 15.5 Å². The molecule has 0 saturated heterocycles. The number of nitrogens with zero attached hydrogens (tertiary/aromatic N) is 3. The lowest BCUT2D eigenvalue weighted by Crippen LogP contribution is -2.39. The number of pyridine rings is 1. The van der Waals surface area contributed by atoms with Gasteiger partial charge in [-0.2, -0.15) is 0 Å². The van der Waals surface area contributed by atoms with Crippen LogP contribution in [0.15, 0.2) is 23.3 Å². The molecule has 0 bridgehead atoms. The fourth-order valence-electron chi connectivity index (χ4n) is 2.06. The molecule has 0 aliphatic rings. The van der Waals surface area contributed by atoms with Gasteiger partial charge in [0.1, 0.15) is 5.82 Å². The predicted octanol–water partition coefficient (Wildman–Crippen LogP) is 2.64. The molecule has 0 radical (unpaired) electrons. The van der Waals surface area contributed by atoms with Crippen LogP contribution in [-0.2, 0) is 6.54 Å². The van der Waals surface area contributed by atoms with Crippen LogP contribution in [-0.4, -0.2) is 37.1 Å². The zero-order valence-corrected chi connectivity index (χ0v) is 14.7. The normalized spacial score (nSPS) is 11.6. The molecule has 0 aliphatic carbocycles. The fourth-order valence-corrected chi connectivity index (χ4v) is 2.06. The van der Waals surface area contributed by atoms with Gasteiger partial charge in [-0.3, -0.25) is 0 Å². The van der Waals surface area contributed by atoms with Crippen molar-refractivity contribution in [3.8, 4) is 0 Å². The summed E-state index contributed by atoms with van der Waals surface area (Å²) in [7, 11) is 0. The van der Waals surface area contributed by atoms with Gasteiger partial charge in [0.05, 0.1) is 6.54 Å². The Kier molecular flexibility index (Phi) is 8.33. The molecule has 1 heterocycles. The highest BCUT2D eigenvalue weighted by Crippen LogP contribution is 2.11. The van der Waals surface area contributed by atoms with Gasteiger partial charge >= 0.3 is 0 Å². The summed E-state index contributed by atoms with van der Waals surface area (Å²) in [5.74, 6) is 2.49. The lowest BCUT2D eigenvalue weighted by molar-refractivity contribution is 0.615. The Morgan fingerprint density at radius 3 is 2.41 bits per heavy atom. The largest absolute Gasteiger partial charge is 0.357 e. The van der Waals surface area contributed by atoms with Crippen molar-refractivity contribution < 1.29 is 0 Å². The molecular weight excluding hydrogens is 274 g/mol. The SMILES string of the molecule is CCNC(=NCc1ccc(N(CC)CC)nc1)NCC(C)C. The molecule has 1 aromatic heterocycles. The number of hydrogen-bond donors (Lipinski definition) is 2. The van der Waals surface area contributed by atoms with Crippen molar-refractivity contribution in [2.45, 2.75) is 41.2 Å². The molecule has 0 spiro atoms. The fraction of sp³-hybridized carbons (Fsp3) is 0.647. The highest BCUT2D eigenvalue weighted by Gasteiger charge is 2.03. The molecule has 5 heteroatoms. The van der Waals surface area contributed by atoms with E-state index in [9.17, 15) is 0 Å². The van der Waals surface area contributed by atoms with Crippen molar-refractivity contribution in [2.75, 3.05) is 31.1 Å². The average Bonchev–Trinajstić information content (AvgIpc) is 2.52. The Labute approximate surface area is 135 Å². The topological polar surface area (TPSA) is 52.6 Å². The standard InChI is InChI=1S/C17H31N5/c1-6-18-17(20-11-14(4)5)21-13-15-9-10-16(19-12-15)22(7-2)8-3/h9-10,12,14H,6-8,11,13H2,1-5H3,(H2,18,20,21). The number of aromatic nitrogens is 1. The Balaban J connectivity index is 2.65. The van der Waals surface area contributed by atoms with Gasteiger partial charge < -0.3 is 15.5 Å². The van der Waals surface area contributed by atoms with Gasteiger partial charge in [-0.15, -0.1) is 0 Å². The van der Waals surface area contributed by atoms with E-state index in [-0.39, 0.29) is 0 Å². The number of anilines is 1. The van der Waals surface area contributed by atoms with E-state index in [1.165, 1.54) is 0 Å². The zero-order valence-electron chi connectivity index (χ0n) is 14.7. The molecule has 5 nitrogen and oxygen atoms in total. The summed E-state index contributed by atoms with van der Waals surface area (Å²) in [4.78, 5) is 11.4. The summed E-state index contributed by atoms with van der Waals surface area (Å²) in [5, 5.41) is 6.61. The molecule has 0 fully saturated rings. The number of hydrogen-bond acceptors (Lipinski definition) is 3. The van der Waals surface area contributed by atoms with Crippen LogP contribution in [0.1, 0.15) is 40.2 Å². The van der Waals surface area contributed by atoms with Crippen molar-refractivity contribution in [3.05, 3.63) is 23.9 Å². The lowest BCUT2D eigenvalue weighted by Gasteiger charge is -2.19. The molecule has 0 saturated carbocycles. The van der Waals surface area contributed by atoms with E-state index in [0.717, 1.165) is 43.5 Å². The van der Waals surface area contributed by atoms with E-state index >= 15 is 0 Å². The second-order valence-corrected chi connectivity index (χ2v) is 5.67. The quantitative estimate of drug-likeness (QED) is 0.573. The summed E-state index contributed by atoms with van der Waals surface area (Å²) in [6, 6.07) is 4.18. The molecule has 124 valence electrons. The maximum atomic E-state index is 4.61. The van der Waals surface area contributed by atoms with Gasteiger partial charge in [-0.1, -0.05) is 19.9 Å². The van der Waals surface area contributed by atoms with Crippen molar-refractivity contribution in [2.24, 2.45) is 10.9 Å². The third-order valence-corrected chi connectivity index (χ3v) is 3.34. The van der Waals surface area contributed by atoms with Crippen molar-refractivity contribution >= 4 is 11.8 Å². The molecule has 0 aromatic carbocycles. The van der Waals surface area contributed by atoms with Gasteiger partial charge in [0.2, 0.25) is 0 Å². The van der Waals surface area contributed by atoms with Crippen LogP contribution >= 0.6 is 0 Å². The molecule has 1 rings (SSSR count). The Morgan fingerprint density at radius 1 is 1.18 bits per heavy atom. The van der Waals surface area contributed by atoms with E-state index in [4.69, 9.17) is 0 Å². The van der Waals surface area contributed by atoms with Crippen LogP contribution in [0.2, 0.25) is 0 Å². The van der Waals surface area contributed by atoms with Crippen LogP contribution in [0.4, 0.5) is 5.82 Å². The van der Waals surface area contributed by atoms with Crippen LogP contribution in [0.5, 0.6) is 0 Å². The monoisotopic (exact) mass is 305 g/mol. The number of guanidine groups is 1. The molecule has 2 N–H and O–H groups in total. The number of aliphatic imine (C=N–C) groups is 1. The third kappa shape index (κ3) is 6.33. The van der Waals surface area contributed by atoms with Crippen molar-refractivity contribution in [3.63, 3.8) is 0 Å². The first-order valence-electron chi connectivity index (χ1n) is 8.32. The summed E-state index contributed by atoms with van der Waals surface area (Å²) >= 11 is 0. The lowest BCUT2D eigenvalue weighted by atomic mass is 10.2. The van der Waals surface area contributed by atoms with Gasteiger partial charge in [-0.25, -0.2) is 9.98 Å². The van der Waals surface area contributed by atoms with Gasteiger partial charge in [-0.05, 0) is 38.3 Å². The summed E-state index contributed by atoms with van der Waals surface area (Å²) < 4.78 is 0. The van der Waals surface area contributed by atoms with E-state index in [1.807, 2.05) is 6.20 Å². The first-order valence-corrected chi connectivity index (χ1v) is 8.32. The number of rotatable bonds is 8. The second-order valence-electron chi connectivity index (χ2n) is 5.67. The zero-order chi connectivity index (χ0) is 16.4. The summed E-state index contributed by atoms with van der Waals surface area (Å²) in [6.07, 6.45) is 1.92. The van der Waals surface area contributed by atoms with E-state index < -0.39 is 0 Å². The third-order valence-electron chi connectivity index (χ3n) is 3.34. The summed E-state index contributed by atoms with van der Waals surface area (Å²) in [6.45, 7) is 15.1. The number of nitrogens with one attached hydrogen (secondary N) is 2. The molecule has 1 aromatic rings. The smallest absolute Gasteiger partial charge is 0.191 e. The van der Waals surface area contributed by atoms with Gasteiger partial charge in [0.25, 0.3) is 0 Å². The van der Waals surface area contributed by atoms with Crippen molar-refractivity contribution in [1.29, 1.82) is 0 Å². The van der Waals surface area contributed by atoms with E-state index in [0.29, 0.717) is 12.5 Å². The summed E-state index contributed by atoms with van der Waals surface area (Å²) in [5.41, 5.74) is 1.12. The molecule has 0 unspecified atom stereocenters. The minimum Gasteiger partial charge on any atom is -0.357 e. The predicted molar refractivity (Wildman–Crippen MR) is 95.5 cm³/mol. The van der Waals surface area contributed by atoms with Crippen molar-refractivity contribution in [1.82, 2.24) is 15.6 Å². The Morgan fingerprint density at radius 2 is 1.91 bits per heavy atom. The molecule has 0 atom stereocenters. The highest BCUT2D eigenvalue weighted by atomic mass is 15.2. The first kappa shape index (κ1) is 18.3. The van der Waals surface area contributed by atoms with Crippen LogP contribution in [0, 0.1) is 5.92 Å². The van der Waals surface area contributed by atoms with Crippen LogP contribution in [0.3, 0.4) is 0 Å². The van der Waals surface area contributed by atoms with Gasteiger partial charge in [0.15, 0.2) is 5.96 Å². The van der Waals surface area contributed by atoms with E-state index in [2.05, 4.69) is 72.3 Å².